The van der Waals surface area contributed by atoms with Crippen molar-refractivity contribution in [1.29, 1.82) is 0 Å². The Morgan fingerprint density at radius 3 is 2.17 bits per heavy atom. The maximum absolute atomic E-state index is 4.95. The monoisotopic (exact) mass is 171 g/mol. The van der Waals surface area contributed by atoms with E-state index in [4.69, 9.17) is 4.74 Å². The summed E-state index contributed by atoms with van der Waals surface area (Å²) in [5.41, 5.74) is 1.28. The quantitative estimate of drug-likeness (QED) is 0.462. The van der Waals surface area contributed by atoms with Crippen LogP contribution in [0.15, 0.2) is 16.6 Å². The Labute approximate surface area is 76.3 Å². The Kier molecular flexibility index (Phi) is 11.7. The van der Waals surface area contributed by atoms with E-state index in [0.717, 1.165) is 6.42 Å². The molecule has 2 nitrogen and oxygen atoms in total. The third-order valence-electron chi connectivity index (χ3n) is 1.36. The number of aliphatic imine (C=N–C) groups is 1. The molecule has 0 atom stereocenters. The van der Waals surface area contributed by atoms with E-state index >= 15 is 0 Å². The maximum atomic E-state index is 4.95. The highest BCUT2D eigenvalue weighted by Gasteiger charge is 1.90. The van der Waals surface area contributed by atoms with Crippen LogP contribution in [0, 0.1) is 0 Å². The Morgan fingerprint density at radius 2 is 1.92 bits per heavy atom. The van der Waals surface area contributed by atoms with Crippen molar-refractivity contribution in [3.8, 4) is 0 Å². The van der Waals surface area contributed by atoms with Gasteiger partial charge in [0.25, 0.3) is 0 Å². The first-order valence-corrected chi connectivity index (χ1v) is 4.42. The lowest BCUT2D eigenvalue weighted by Crippen LogP contribution is -1.96. The first kappa shape index (κ1) is 13.8. The normalized spacial score (nSPS) is 11.8. The van der Waals surface area contributed by atoms with Crippen molar-refractivity contribution < 1.29 is 4.74 Å². The van der Waals surface area contributed by atoms with E-state index in [9.17, 15) is 0 Å². The van der Waals surface area contributed by atoms with Gasteiger partial charge < -0.3 is 4.74 Å². The molecule has 0 N–H and O–H groups in total. The molecule has 0 fully saturated rings. The highest BCUT2D eigenvalue weighted by Crippen LogP contribution is 1.98. The van der Waals surface area contributed by atoms with Gasteiger partial charge in [0.2, 0.25) is 5.90 Å². The Balaban J connectivity index is 0. The van der Waals surface area contributed by atoms with Crippen LogP contribution in [-0.2, 0) is 4.74 Å². The van der Waals surface area contributed by atoms with Crippen molar-refractivity contribution in [2.45, 2.75) is 34.1 Å². The summed E-state index contributed by atoms with van der Waals surface area (Å²) in [5.74, 6) is 0.694. The van der Waals surface area contributed by atoms with Crippen LogP contribution in [0.2, 0.25) is 0 Å². The Hall–Kier alpha value is -0.790. The third-order valence-corrected chi connectivity index (χ3v) is 1.36. The number of hydrogen-bond donors (Lipinski definition) is 0. The van der Waals surface area contributed by atoms with Crippen LogP contribution in [0.25, 0.3) is 0 Å². The molecule has 0 aromatic heterocycles. The summed E-state index contributed by atoms with van der Waals surface area (Å²) in [4.78, 5) is 3.91. The number of allylic oxidation sites excluding steroid dienone is 1. The molecule has 0 aromatic rings. The molecule has 72 valence electrons. The molecule has 0 saturated heterocycles. The zero-order valence-electron chi connectivity index (χ0n) is 9.14. The fourth-order valence-electron chi connectivity index (χ4n) is 0.528. The Morgan fingerprint density at radius 1 is 1.42 bits per heavy atom. The fourth-order valence-corrected chi connectivity index (χ4v) is 0.528. The SMILES string of the molecule is CC.CC/C(C)=C\C(=NC)OC. The van der Waals surface area contributed by atoms with Crippen LogP contribution in [0.3, 0.4) is 0 Å². The van der Waals surface area contributed by atoms with Crippen LogP contribution < -0.4 is 0 Å². The van der Waals surface area contributed by atoms with E-state index in [-0.39, 0.29) is 0 Å². The van der Waals surface area contributed by atoms with Crippen LogP contribution in [0.1, 0.15) is 34.1 Å². The lowest BCUT2D eigenvalue weighted by atomic mass is 10.2. The van der Waals surface area contributed by atoms with E-state index in [0.29, 0.717) is 5.90 Å². The Bertz CT molecular complexity index is 148. The maximum Gasteiger partial charge on any atom is 0.207 e. The van der Waals surface area contributed by atoms with Crippen molar-refractivity contribution in [3.63, 3.8) is 0 Å². The largest absolute Gasteiger partial charge is 0.481 e. The molecule has 0 aliphatic carbocycles. The third kappa shape index (κ3) is 7.32. The molecule has 0 amide bonds. The minimum atomic E-state index is 0.694. The predicted molar refractivity (Wildman–Crippen MR) is 55.8 cm³/mol. The van der Waals surface area contributed by atoms with Gasteiger partial charge in [0.1, 0.15) is 0 Å². The van der Waals surface area contributed by atoms with Gasteiger partial charge in [-0.3, -0.25) is 4.99 Å². The number of nitrogens with zero attached hydrogens (tertiary/aromatic N) is 1. The molecule has 0 aliphatic heterocycles. The lowest BCUT2D eigenvalue weighted by Gasteiger charge is -1.98. The minimum absolute atomic E-state index is 0.694. The van der Waals surface area contributed by atoms with Crippen LogP contribution in [-0.4, -0.2) is 20.1 Å². The molecule has 0 spiro atoms. The van der Waals surface area contributed by atoms with E-state index in [2.05, 4.69) is 18.8 Å². The average Bonchev–Trinajstić information content (AvgIpc) is 2.16. The van der Waals surface area contributed by atoms with Crippen LogP contribution in [0.4, 0.5) is 0 Å². The molecule has 0 unspecified atom stereocenters. The summed E-state index contributed by atoms with van der Waals surface area (Å²) >= 11 is 0. The van der Waals surface area contributed by atoms with Crippen LogP contribution >= 0.6 is 0 Å². The first-order valence-electron chi connectivity index (χ1n) is 4.42. The molecule has 2 heteroatoms. The zero-order valence-corrected chi connectivity index (χ0v) is 9.14. The van der Waals surface area contributed by atoms with Crippen molar-refractivity contribution in [2.75, 3.05) is 14.2 Å². The van der Waals surface area contributed by atoms with Gasteiger partial charge >= 0.3 is 0 Å². The van der Waals surface area contributed by atoms with Crippen molar-refractivity contribution in [3.05, 3.63) is 11.6 Å². The molecule has 0 bridgehead atoms. The molecule has 0 saturated carbocycles. The summed E-state index contributed by atoms with van der Waals surface area (Å²) in [6.07, 6.45) is 2.99. The standard InChI is InChI=1S/C8H15NO.C2H6/c1-5-7(2)6-8(9-3)10-4;1-2/h6H,5H2,1-4H3;1-2H3/b7-6-,9-8?;. The topological polar surface area (TPSA) is 21.6 Å². The van der Waals surface area contributed by atoms with E-state index < -0.39 is 0 Å². The second-order valence-corrected chi connectivity index (χ2v) is 2.11. The minimum Gasteiger partial charge on any atom is -0.481 e. The number of hydrogen-bond acceptors (Lipinski definition) is 2. The van der Waals surface area contributed by atoms with Gasteiger partial charge in [-0.15, -0.1) is 0 Å². The fraction of sp³-hybridized carbons (Fsp3) is 0.700. The summed E-state index contributed by atoms with van der Waals surface area (Å²) < 4.78 is 4.95. The average molecular weight is 171 g/mol. The van der Waals surface area contributed by atoms with Gasteiger partial charge in [0.15, 0.2) is 0 Å². The summed E-state index contributed by atoms with van der Waals surface area (Å²) in [5, 5.41) is 0. The molecule has 12 heavy (non-hydrogen) atoms. The molecule has 0 heterocycles. The molecular weight excluding hydrogens is 150 g/mol. The molecule has 0 rings (SSSR count). The second-order valence-electron chi connectivity index (χ2n) is 2.11. The number of rotatable bonds is 2. The number of methoxy groups -OCH3 is 1. The number of ether oxygens (including phenoxy) is 1. The predicted octanol–water partition coefficient (Wildman–Crippen LogP) is 3.04. The highest BCUT2D eigenvalue weighted by molar-refractivity contribution is 5.87. The van der Waals surface area contributed by atoms with Gasteiger partial charge in [-0.25, -0.2) is 0 Å². The second kappa shape index (κ2) is 10.2. The van der Waals surface area contributed by atoms with Gasteiger partial charge in [-0.05, 0) is 19.4 Å². The summed E-state index contributed by atoms with van der Waals surface area (Å²) in [7, 11) is 3.35. The molecular formula is C10H21NO. The van der Waals surface area contributed by atoms with E-state index in [1.54, 1.807) is 14.2 Å². The van der Waals surface area contributed by atoms with Gasteiger partial charge in [-0.1, -0.05) is 26.3 Å². The first-order chi connectivity index (χ1) is 5.74. The summed E-state index contributed by atoms with van der Waals surface area (Å²) in [6.45, 7) is 8.17. The smallest absolute Gasteiger partial charge is 0.207 e. The molecule has 0 aliphatic rings. The molecule has 0 aromatic carbocycles. The lowest BCUT2D eigenvalue weighted by molar-refractivity contribution is 0.406. The van der Waals surface area contributed by atoms with Crippen molar-refractivity contribution in [2.24, 2.45) is 4.99 Å². The van der Waals surface area contributed by atoms with Crippen molar-refractivity contribution in [1.82, 2.24) is 0 Å². The van der Waals surface area contributed by atoms with E-state index in [1.165, 1.54) is 5.57 Å². The van der Waals surface area contributed by atoms with Gasteiger partial charge in [-0.2, -0.15) is 0 Å². The molecule has 0 radical (unpaired) electrons. The van der Waals surface area contributed by atoms with Gasteiger partial charge in [0.05, 0.1) is 7.11 Å². The zero-order chi connectivity index (χ0) is 9.98. The summed E-state index contributed by atoms with van der Waals surface area (Å²) in [6, 6.07) is 0. The highest BCUT2D eigenvalue weighted by atomic mass is 16.5. The van der Waals surface area contributed by atoms with Crippen LogP contribution in [0.5, 0.6) is 0 Å². The van der Waals surface area contributed by atoms with Gasteiger partial charge in [0, 0.05) is 7.05 Å². The van der Waals surface area contributed by atoms with E-state index in [1.807, 2.05) is 19.9 Å². The van der Waals surface area contributed by atoms with Crippen molar-refractivity contribution >= 4 is 5.90 Å².